The first kappa shape index (κ1) is 47.0. The van der Waals surface area contributed by atoms with Crippen molar-refractivity contribution in [3.63, 3.8) is 0 Å². The van der Waals surface area contributed by atoms with E-state index >= 15 is 0 Å². The number of methoxy groups -OCH3 is 2. The van der Waals surface area contributed by atoms with Crippen LogP contribution in [0.5, 0.6) is 0 Å². The normalized spacial score (nSPS) is 46.4. The number of nitrogens with zero attached hydrogens (tertiary/aromatic N) is 1. The molecule has 0 saturated carbocycles. The summed E-state index contributed by atoms with van der Waals surface area (Å²) in [6.45, 7) is 15.9. The molecule has 14 nitrogen and oxygen atoms in total. The molecule has 19 atom stereocenters. The maximum atomic E-state index is 14.3. The molecule has 0 aliphatic carbocycles. The number of aliphatic hydroxyl groups excluding tert-OH is 3. The average Bonchev–Trinajstić information content (AvgIpc) is 3.21. The largest absolute Gasteiger partial charge is 0.459 e. The molecule has 0 aromatic heterocycles. The summed E-state index contributed by atoms with van der Waals surface area (Å²) in [6, 6.07) is 9.41. The highest BCUT2D eigenvalue weighted by atomic mass is 16.7. The number of rotatable bonds is 7. The topological polar surface area (TPSA) is 183 Å². The number of ketones is 1. The number of esters is 1. The molecule has 0 spiro atoms. The smallest absolute Gasteiger partial charge is 0.311 e. The van der Waals surface area contributed by atoms with E-state index < -0.39 is 120 Å². The average molecular weight is 822 g/mol. The predicted molar refractivity (Wildman–Crippen MR) is 213 cm³/mol. The highest BCUT2D eigenvalue weighted by Gasteiger charge is 2.62. The van der Waals surface area contributed by atoms with Crippen LogP contribution in [0.25, 0.3) is 0 Å². The fourth-order valence-corrected chi connectivity index (χ4v) is 10.6. The number of Topliss-reactive ketones (excluding diaryl/α,β-unsaturated/α-hetero) is 1. The number of likely N-dealkylation sites (N-methyl/N-ethyl adjacent to an activating group) is 1. The number of aliphatic hydroxyl groups is 4. The van der Waals surface area contributed by atoms with Crippen molar-refractivity contribution >= 4 is 11.8 Å². The second-order valence-electron chi connectivity index (χ2n) is 18.2. The number of benzene rings is 1. The quantitative estimate of drug-likeness (QED) is 0.293. The van der Waals surface area contributed by atoms with Crippen LogP contribution in [0.3, 0.4) is 0 Å². The summed E-state index contributed by atoms with van der Waals surface area (Å²) in [5.41, 5.74) is -3.35. The maximum Gasteiger partial charge on any atom is 0.311 e. The Morgan fingerprint density at radius 2 is 1.57 bits per heavy atom. The molecule has 4 saturated heterocycles. The van der Waals surface area contributed by atoms with E-state index in [-0.39, 0.29) is 25.0 Å². The molecule has 4 aliphatic rings. The van der Waals surface area contributed by atoms with Crippen molar-refractivity contribution in [2.45, 2.75) is 179 Å². The van der Waals surface area contributed by atoms with E-state index in [1.165, 1.54) is 14.0 Å². The van der Waals surface area contributed by atoms with E-state index in [0.717, 1.165) is 5.56 Å². The minimum Gasteiger partial charge on any atom is -0.459 e. The van der Waals surface area contributed by atoms with Crippen molar-refractivity contribution in [3.05, 3.63) is 35.9 Å². The Labute approximate surface area is 344 Å². The molecular weight excluding hydrogens is 750 g/mol. The van der Waals surface area contributed by atoms with E-state index in [9.17, 15) is 30.0 Å². The van der Waals surface area contributed by atoms with Gasteiger partial charge in [-0.2, -0.15) is 0 Å². The lowest BCUT2D eigenvalue weighted by Gasteiger charge is -2.56. The molecule has 0 amide bonds. The molecule has 4 aliphatic heterocycles. The molecule has 1 aromatic rings. The molecule has 6 bridgehead atoms. The van der Waals surface area contributed by atoms with Crippen molar-refractivity contribution in [2.24, 2.45) is 29.1 Å². The molecule has 4 N–H and O–H groups in total. The van der Waals surface area contributed by atoms with Gasteiger partial charge in [-0.15, -0.1) is 0 Å². The fraction of sp³-hybridized carbons (Fsp3) is 0.818. The molecule has 0 radical (unpaired) electrons. The van der Waals surface area contributed by atoms with Gasteiger partial charge in [0, 0.05) is 51.0 Å². The maximum absolute atomic E-state index is 14.3. The zero-order chi connectivity index (χ0) is 43.1. The highest BCUT2D eigenvalue weighted by molar-refractivity contribution is 5.83. The molecular formula is C44H71NO13. The summed E-state index contributed by atoms with van der Waals surface area (Å²) in [5.74, 6) is -4.48. The summed E-state index contributed by atoms with van der Waals surface area (Å²) in [6.07, 6.45) is -10.7. The lowest BCUT2D eigenvalue weighted by Crippen LogP contribution is -2.67. The van der Waals surface area contributed by atoms with Crippen LogP contribution in [0.2, 0.25) is 0 Å². The van der Waals surface area contributed by atoms with Crippen LogP contribution in [0.1, 0.15) is 93.6 Å². The van der Waals surface area contributed by atoms with E-state index in [4.69, 9.17) is 33.2 Å². The van der Waals surface area contributed by atoms with Gasteiger partial charge in [-0.05, 0) is 66.5 Å². The molecule has 330 valence electrons. The van der Waals surface area contributed by atoms with Crippen LogP contribution in [0, 0.1) is 29.1 Å². The molecule has 4 heterocycles. The standard InChI is InChI=1S/C44H71NO13/c1-13-31-43(9,51)37(48)24(3)34(46)23(2)20-42(8,53-12)39-25(4)36(26(5)40(50)55-31)57-33-21-44(28(7)52-11,38(49)27(6)54-33)32-19-30(35(47)41(56-32)58-39)45(10)22-29-17-15-14-16-18-29/h14-18,23-28,30-33,35-39,41,47-49,51H,13,19-22H2,1-12H3/t23-,24+,25+,26-,27+,28?,30+,31-,32+,33+,35-,36+,37-,38+,39-,41+,42+,43-,44?/m1/s1. The number of hydrogen-bond acceptors (Lipinski definition) is 14. The monoisotopic (exact) mass is 821 g/mol. The molecule has 2 unspecified atom stereocenters. The van der Waals surface area contributed by atoms with Gasteiger partial charge in [0.2, 0.25) is 0 Å². The van der Waals surface area contributed by atoms with Crippen LogP contribution >= 0.6 is 0 Å². The van der Waals surface area contributed by atoms with Gasteiger partial charge in [0.05, 0.1) is 59.7 Å². The number of carbonyl (C=O) groups excluding carboxylic acids is 2. The van der Waals surface area contributed by atoms with Crippen LogP contribution < -0.4 is 0 Å². The van der Waals surface area contributed by atoms with Gasteiger partial charge < -0.3 is 53.6 Å². The predicted octanol–water partition coefficient (Wildman–Crippen LogP) is 3.62. The van der Waals surface area contributed by atoms with Crippen molar-refractivity contribution in [3.8, 4) is 0 Å². The lowest BCUT2D eigenvalue weighted by atomic mass is 9.64. The van der Waals surface area contributed by atoms with Crippen molar-refractivity contribution < 1.29 is 63.2 Å². The van der Waals surface area contributed by atoms with Crippen LogP contribution in [0.4, 0.5) is 0 Å². The summed E-state index contributed by atoms with van der Waals surface area (Å²) >= 11 is 0. The lowest BCUT2D eigenvalue weighted by molar-refractivity contribution is -0.342. The second-order valence-corrected chi connectivity index (χ2v) is 18.2. The highest BCUT2D eigenvalue weighted by Crippen LogP contribution is 2.51. The summed E-state index contributed by atoms with van der Waals surface area (Å²) in [7, 11) is 5.04. The second kappa shape index (κ2) is 18.5. The Balaban J connectivity index is 1.72. The van der Waals surface area contributed by atoms with Crippen LogP contribution in [0.15, 0.2) is 30.3 Å². The zero-order valence-electron chi connectivity index (χ0n) is 36.6. The molecule has 1 aromatic carbocycles. The van der Waals surface area contributed by atoms with E-state index in [1.807, 2.05) is 58.2 Å². The molecule has 5 rings (SSSR count). The van der Waals surface area contributed by atoms with Crippen molar-refractivity contribution in [1.82, 2.24) is 4.90 Å². The zero-order valence-corrected chi connectivity index (χ0v) is 36.6. The Morgan fingerprint density at radius 1 is 0.914 bits per heavy atom. The summed E-state index contributed by atoms with van der Waals surface area (Å²) in [4.78, 5) is 30.6. The summed E-state index contributed by atoms with van der Waals surface area (Å²) < 4.78 is 45.8. The Hall–Kier alpha value is -2.08. The first-order valence-corrected chi connectivity index (χ1v) is 21.1. The number of cyclic esters (lactones) is 1. The van der Waals surface area contributed by atoms with Crippen molar-refractivity contribution in [1.29, 1.82) is 0 Å². The van der Waals surface area contributed by atoms with Gasteiger partial charge in [-0.1, -0.05) is 58.0 Å². The number of carbonyl (C=O) groups is 2. The van der Waals surface area contributed by atoms with Crippen LogP contribution in [-0.4, -0.2) is 143 Å². The SMILES string of the molecule is CC[C@H]1OC(=O)[C@H](C)[C@H]2O[C@H]3CC(C(C)OC)([C@@H]4C[C@H](N(C)Cc5ccccc5)[C@@H](O)[C@@H](O4)O[C@H]([C@H]2C)[C@@](C)(OC)C[C@@H](C)C(=O)[C@H](C)[C@@H](O)[C@]1(C)O)[C@@H](O)[C@H](C)O3. The third-order valence-corrected chi connectivity index (χ3v) is 14.4. The molecule has 14 heteroatoms. The van der Waals surface area contributed by atoms with Gasteiger partial charge >= 0.3 is 5.97 Å². The minimum atomic E-state index is -1.97. The van der Waals surface area contributed by atoms with Gasteiger partial charge in [0.15, 0.2) is 12.6 Å². The Kier molecular flexibility index (Phi) is 15.0. The number of ether oxygens (including phenoxy) is 7. The minimum absolute atomic E-state index is 0.100. The van der Waals surface area contributed by atoms with Crippen LogP contribution in [-0.2, 0) is 49.3 Å². The Morgan fingerprint density at radius 3 is 2.17 bits per heavy atom. The van der Waals surface area contributed by atoms with E-state index in [1.54, 1.807) is 41.7 Å². The van der Waals surface area contributed by atoms with Gasteiger partial charge in [-0.25, -0.2) is 0 Å². The van der Waals surface area contributed by atoms with Gasteiger partial charge in [0.25, 0.3) is 0 Å². The molecule has 4 fully saturated rings. The number of fused-ring (bicyclic) bond motifs is 7. The number of hydrogen-bond donors (Lipinski definition) is 4. The first-order chi connectivity index (χ1) is 27.2. The van der Waals surface area contributed by atoms with Gasteiger partial charge in [0.1, 0.15) is 23.6 Å². The van der Waals surface area contributed by atoms with E-state index in [2.05, 4.69) is 4.90 Å². The van der Waals surface area contributed by atoms with Gasteiger partial charge in [-0.3, -0.25) is 14.5 Å². The third-order valence-electron chi connectivity index (χ3n) is 14.4. The Bertz CT molecular complexity index is 1530. The summed E-state index contributed by atoms with van der Waals surface area (Å²) in [5, 5.41) is 47.9. The fourth-order valence-electron chi connectivity index (χ4n) is 10.6. The van der Waals surface area contributed by atoms with Crippen molar-refractivity contribution in [2.75, 3.05) is 21.3 Å². The third kappa shape index (κ3) is 8.81. The van der Waals surface area contributed by atoms with E-state index in [0.29, 0.717) is 13.0 Å². The molecule has 58 heavy (non-hydrogen) atoms. The first-order valence-electron chi connectivity index (χ1n) is 21.1.